The first-order valence-corrected chi connectivity index (χ1v) is 9.03. The van der Waals surface area contributed by atoms with E-state index in [0.717, 1.165) is 22.3 Å². The van der Waals surface area contributed by atoms with Crippen molar-refractivity contribution < 1.29 is 40.1 Å². The largest absolute Gasteiger partial charge is 1.00 e. The van der Waals surface area contributed by atoms with Crippen LogP contribution in [0.25, 0.3) is 33.9 Å². The molecule has 7 heteroatoms. The molecule has 0 bridgehead atoms. The van der Waals surface area contributed by atoms with Crippen LogP contribution in [-0.4, -0.2) is 22.1 Å². The number of fused-ring (bicyclic) bond motifs is 1. The second-order valence-corrected chi connectivity index (χ2v) is 7.84. The molecule has 0 unspecified atom stereocenters. The van der Waals surface area contributed by atoms with E-state index in [9.17, 15) is 0 Å². The molecular formula is C21H21ClN3NaO2. The molecule has 5 nitrogen and oxygen atoms in total. The molecule has 1 N–H and O–H groups in total. The maximum Gasteiger partial charge on any atom is 1.00 e. The van der Waals surface area contributed by atoms with Crippen LogP contribution in [0.15, 0.2) is 47.1 Å². The summed E-state index contributed by atoms with van der Waals surface area (Å²) in [5.41, 5.74) is 4.13. The number of furan rings is 1. The van der Waals surface area contributed by atoms with Crippen LogP contribution < -0.4 is 34.3 Å². The molecule has 1 aromatic carbocycles. The molecule has 0 aliphatic carbocycles. The summed E-state index contributed by atoms with van der Waals surface area (Å²) in [5.74, 6) is 1.75. The van der Waals surface area contributed by atoms with Crippen LogP contribution in [0, 0.1) is 0 Å². The zero-order chi connectivity index (χ0) is 19.2. The molecule has 3 aromatic heterocycles. The Morgan fingerprint density at radius 2 is 1.89 bits per heavy atom. The van der Waals surface area contributed by atoms with Crippen molar-refractivity contribution in [2.45, 2.75) is 26.2 Å². The first-order valence-electron chi connectivity index (χ1n) is 8.66. The average molecular weight is 406 g/mol. The number of nitrogens with one attached hydrogen (secondary N) is 1. The van der Waals surface area contributed by atoms with Crippen molar-refractivity contribution in [1.82, 2.24) is 15.0 Å². The van der Waals surface area contributed by atoms with Crippen LogP contribution in [0.5, 0.6) is 5.88 Å². The molecular weight excluding hydrogens is 385 g/mol. The SMILES string of the molecule is COc1nc(-c2ccccc2Cl)cc2[nH]c(-c3cc(C(C)(C)C)co3)nc12.[H-].[Na+]. The molecule has 0 fully saturated rings. The molecule has 0 aliphatic rings. The minimum atomic E-state index is 0. The Morgan fingerprint density at radius 1 is 1.14 bits per heavy atom. The maximum absolute atomic E-state index is 6.33. The minimum absolute atomic E-state index is 0. The van der Waals surface area contributed by atoms with Crippen molar-refractivity contribution in [1.29, 1.82) is 0 Å². The van der Waals surface area contributed by atoms with Gasteiger partial charge in [-0.05, 0) is 29.2 Å². The molecule has 0 radical (unpaired) electrons. The van der Waals surface area contributed by atoms with Gasteiger partial charge in [0.2, 0.25) is 5.88 Å². The van der Waals surface area contributed by atoms with Crippen molar-refractivity contribution >= 4 is 22.6 Å². The van der Waals surface area contributed by atoms with Crippen LogP contribution in [0.1, 0.15) is 27.8 Å². The van der Waals surface area contributed by atoms with E-state index in [4.69, 9.17) is 20.8 Å². The van der Waals surface area contributed by atoms with Gasteiger partial charge in [-0.3, -0.25) is 0 Å². The number of benzene rings is 1. The van der Waals surface area contributed by atoms with Crippen molar-refractivity contribution in [3.63, 3.8) is 0 Å². The summed E-state index contributed by atoms with van der Waals surface area (Å²) in [5, 5.41) is 0.631. The van der Waals surface area contributed by atoms with Gasteiger partial charge in [-0.2, -0.15) is 0 Å². The molecule has 28 heavy (non-hydrogen) atoms. The topological polar surface area (TPSA) is 63.9 Å². The zero-order valence-electron chi connectivity index (χ0n) is 17.6. The number of halogens is 1. The monoisotopic (exact) mass is 405 g/mol. The van der Waals surface area contributed by atoms with Crippen molar-refractivity contribution in [3.8, 4) is 28.7 Å². The third kappa shape index (κ3) is 3.85. The third-order valence-electron chi connectivity index (χ3n) is 4.48. The summed E-state index contributed by atoms with van der Waals surface area (Å²) < 4.78 is 11.2. The quantitative estimate of drug-likeness (QED) is 0.532. The Hall–Kier alpha value is -1.79. The van der Waals surface area contributed by atoms with Gasteiger partial charge in [-0.25, -0.2) is 9.97 Å². The smallest absolute Gasteiger partial charge is 1.00 e. The van der Waals surface area contributed by atoms with Gasteiger partial charge in [-0.1, -0.05) is 50.6 Å². The van der Waals surface area contributed by atoms with E-state index >= 15 is 0 Å². The van der Waals surface area contributed by atoms with Crippen molar-refractivity contribution in [2.24, 2.45) is 0 Å². The molecule has 0 aliphatic heterocycles. The number of rotatable bonds is 3. The third-order valence-corrected chi connectivity index (χ3v) is 4.81. The summed E-state index contributed by atoms with van der Waals surface area (Å²) in [7, 11) is 1.58. The number of hydrogen-bond acceptors (Lipinski definition) is 4. The van der Waals surface area contributed by atoms with Crippen LogP contribution in [0.2, 0.25) is 5.02 Å². The predicted molar refractivity (Wildman–Crippen MR) is 108 cm³/mol. The van der Waals surface area contributed by atoms with E-state index in [0.29, 0.717) is 28.0 Å². The van der Waals surface area contributed by atoms with Gasteiger partial charge in [0, 0.05) is 10.6 Å². The number of aromatic amines is 1. The fraction of sp³-hybridized carbons (Fsp3) is 0.238. The Bertz CT molecular complexity index is 1130. The molecule has 3 heterocycles. The maximum atomic E-state index is 6.33. The minimum Gasteiger partial charge on any atom is -1.00 e. The average Bonchev–Trinajstić information content (AvgIpc) is 3.27. The first kappa shape index (κ1) is 20.9. The zero-order valence-corrected chi connectivity index (χ0v) is 19.4. The van der Waals surface area contributed by atoms with E-state index in [2.05, 4.69) is 35.7 Å². The second kappa shape index (κ2) is 7.91. The predicted octanol–water partition coefficient (Wildman–Crippen LogP) is 2.96. The van der Waals surface area contributed by atoms with Crippen LogP contribution in [0.4, 0.5) is 0 Å². The fourth-order valence-electron chi connectivity index (χ4n) is 2.91. The summed E-state index contributed by atoms with van der Waals surface area (Å²) in [4.78, 5) is 12.5. The van der Waals surface area contributed by atoms with E-state index in [-0.39, 0.29) is 36.4 Å². The number of imidazole rings is 1. The molecule has 140 valence electrons. The van der Waals surface area contributed by atoms with Gasteiger partial charge in [0.15, 0.2) is 17.1 Å². The van der Waals surface area contributed by atoms with E-state index < -0.39 is 0 Å². The first-order chi connectivity index (χ1) is 12.9. The second-order valence-electron chi connectivity index (χ2n) is 7.43. The van der Waals surface area contributed by atoms with Crippen LogP contribution in [-0.2, 0) is 5.41 Å². The number of pyridine rings is 1. The Labute approximate surface area is 192 Å². The van der Waals surface area contributed by atoms with E-state index in [1.165, 1.54) is 0 Å². The van der Waals surface area contributed by atoms with Gasteiger partial charge in [0.05, 0.1) is 24.6 Å². The number of methoxy groups -OCH3 is 1. The number of aromatic nitrogens is 3. The number of H-pyrrole nitrogens is 1. The molecule has 0 amide bonds. The molecule has 4 aromatic rings. The summed E-state index contributed by atoms with van der Waals surface area (Å²) >= 11 is 6.33. The normalized spacial score (nSPS) is 11.5. The fourth-order valence-corrected chi connectivity index (χ4v) is 3.14. The van der Waals surface area contributed by atoms with E-state index in [1.54, 1.807) is 13.4 Å². The molecule has 0 spiro atoms. The van der Waals surface area contributed by atoms with Gasteiger partial charge in [0.1, 0.15) is 0 Å². The molecule has 0 saturated carbocycles. The summed E-state index contributed by atoms with van der Waals surface area (Å²) in [6.45, 7) is 6.43. The van der Waals surface area contributed by atoms with Crippen LogP contribution >= 0.6 is 11.6 Å². The van der Waals surface area contributed by atoms with Gasteiger partial charge < -0.3 is 15.6 Å². The Kier molecular flexibility index (Phi) is 5.92. The number of hydrogen-bond donors (Lipinski definition) is 1. The Morgan fingerprint density at radius 3 is 2.54 bits per heavy atom. The van der Waals surface area contributed by atoms with E-state index in [1.807, 2.05) is 36.4 Å². The number of nitrogens with zero attached hydrogens (tertiary/aromatic N) is 2. The number of ether oxygens (including phenoxy) is 1. The van der Waals surface area contributed by atoms with Crippen LogP contribution in [0.3, 0.4) is 0 Å². The molecule has 0 atom stereocenters. The van der Waals surface area contributed by atoms with Crippen molar-refractivity contribution in [3.05, 3.63) is 53.2 Å². The molecule has 0 saturated heterocycles. The summed E-state index contributed by atoms with van der Waals surface area (Å²) in [6.07, 6.45) is 1.77. The summed E-state index contributed by atoms with van der Waals surface area (Å²) in [6, 6.07) is 11.5. The van der Waals surface area contributed by atoms with Crippen molar-refractivity contribution in [2.75, 3.05) is 7.11 Å². The standard InChI is InChI=1S/C21H20ClN3O2.Na.H/c1-21(2,3)12-9-17(27-11-12)19-23-16-10-15(13-7-5-6-8-14(13)22)24-20(26-4)18(16)25-19;;/h5-11H,1-4H3,(H,23,25);;/q;+1;-1. The molecule has 4 rings (SSSR count). The van der Waals surface area contributed by atoms with Gasteiger partial charge in [0.25, 0.3) is 0 Å². The Balaban J connectivity index is 0.00000150. The van der Waals surface area contributed by atoms with Gasteiger partial charge in [-0.15, -0.1) is 0 Å². The van der Waals surface area contributed by atoms with Gasteiger partial charge >= 0.3 is 29.6 Å².